The van der Waals surface area contributed by atoms with Crippen LogP contribution in [0, 0.1) is 5.41 Å². The highest BCUT2D eigenvalue weighted by atomic mass is 16.7. The van der Waals surface area contributed by atoms with Crippen LogP contribution in [0.3, 0.4) is 0 Å². The third-order valence-electron chi connectivity index (χ3n) is 4.92. The van der Waals surface area contributed by atoms with Gasteiger partial charge in [-0.15, -0.1) is 0 Å². The molecule has 0 radical (unpaired) electrons. The summed E-state index contributed by atoms with van der Waals surface area (Å²) >= 11 is 0. The van der Waals surface area contributed by atoms with E-state index in [2.05, 4.69) is 4.98 Å². The quantitative estimate of drug-likeness (QED) is 0.858. The molecule has 4 rings (SSSR count). The van der Waals surface area contributed by atoms with Crippen molar-refractivity contribution in [1.82, 2.24) is 14.5 Å². The van der Waals surface area contributed by atoms with Gasteiger partial charge in [0.1, 0.15) is 0 Å². The standard InChI is InChI=1S/C19H23N3O3/c1-18(2)24-12-19(13-25-18)10-22(11-19)17(23)16-5-3-15(4-6-16)9-21-8-7-20-14-21/h3-8,14H,9-13H2,1-2H3. The second kappa shape index (κ2) is 5.97. The minimum atomic E-state index is -0.513. The van der Waals surface area contributed by atoms with Crippen molar-refractivity contribution in [3.05, 3.63) is 54.1 Å². The molecule has 1 aromatic heterocycles. The first-order valence-corrected chi connectivity index (χ1v) is 8.57. The molecule has 132 valence electrons. The van der Waals surface area contributed by atoms with Crippen LogP contribution in [0.1, 0.15) is 29.8 Å². The average molecular weight is 341 g/mol. The number of likely N-dealkylation sites (tertiary alicyclic amines) is 1. The minimum Gasteiger partial charge on any atom is -0.350 e. The zero-order valence-electron chi connectivity index (χ0n) is 14.6. The number of ether oxygens (including phenoxy) is 2. The van der Waals surface area contributed by atoms with Gasteiger partial charge < -0.3 is 18.9 Å². The number of benzene rings is 1. The van der Waals surface area contributed by atoms with Crippen LogP contribution in [-0.4, -0.2) is 52.4 Å². The summed E-state index contributed by atoms with van der Waals surface area (Å²) in [6, 6.07) is 7.80. The summed E-state index contributed by atoms with van der Waals surface area (Å²) in [4.78, 5) is 18.5. The van der Waals surface area contributed by atoms with Crippen molar-refractivity contribution < 1.29 is 14.3 Å². The van der Waals surface area contributed by atoms with E-state index in [-0.39, 0.29) is 11.3 Å². The van der Waals surface area contributed by atoms with Crippen LogP contribution in [0.25, 0.3) is 0 Å². The third-order valence-corrected chi connectivity index (χ3v) is 4.92. The van der Waals surface area contributed by atoms with Gasteiger partial charge in [-0.2, -0.15) is 0 Å². The van der Waals surface area contributed by atoms with Crippen molar-refractivity contribution in [3.63, 3.8) is 0 Å². The van der Waals surface area contributed by atoms with Gasteiger partial charge in [0.05, 0.1) is 25.0 Å². The Labute approximate surface area is 147 Å². The Morgan fingerprint density at radius 3 is 2.44 bits per heavy atom. The maximum Gasteiger partial charge on any atom is 0.253 e. The van der Waals surface area contributed by atoms with Gasteiger partial charge in [-0.25, -0.2) is 4.98 Å². The Bertz CT molecular complexity index is 735. The summed E-state index contributed by atoms with van der Waals surface area (Å²) in [6.07, 6.45) is 5.47. The molecule has 0 aliphatic carbocycles. The predicted molar refractivity (Wildman–Crippen MR) is 92.1 cm³/mol. The SMILES string of the molecule is CC1(C)OCC2(CO1)CN(C(=O)c1ccc(Cn3ccnc3)cc1)C2. The minimum absolute atomic E-state index is 0.0352. The topological polar surface area (TPSA) is 56.6 Å². The molecule has 3 heterocycles. The van der Waals surface area contributed by atoms with Crippen molar-refractivity contribution in [2.45, 2.75) is 26.2 Å². The van der Waals surface area contributed by atoms with Gasteiger partial charge in [0.2, 0.25) is 0 Å². The van der Waals surface area contributed by atoms with Crippen LogP contribution in [-0.2, 0) is 16.0 Å². The first kappa shape index (κ1) is 16.3. The van der Waals surface area contributed by atoms with Crippen molar-refractivity contribution in [2.75, 3.05) is 26.3 Å². The van der Waals surface area contributed by atoms with E-state index in [0.29, 0.717) is 26.3 Å². The third kappa shape index (κ3) is 3.32. The van der Waals surface area contributed by atoms with Crippen molar-refractivity contribution in [3.8, 4) is 0 Å². The Balaban J connectivity index is 1.35. The fourth-order valence-electron chi connectivity index (χ4n) is 3.35. The maximum atomic E-state index is 12.6. The molecule has 1 aromatic carbocycles. The number of amides is 1. The number of imidazole rings is 1. The Morgan fingerprint density at radius 2 is 1.84 bits per heavy atom. The summed E-state index contributed by atoms with van der Waals surface area (Å²) in [7, 11) is 0. The highest BCUT2D eigenvalue weighted by molar-refractivity contribution is 5.94. The summed E-state index contributed by atoms with van der Waals surface area (Å²) in [5.41, 5.74) is 1.83. The van der Waals surface area contributed by atoms with E-state index in [1.54, 1.807) is 12.5 Å². The molecule has 1 amide bonds. The van der Waals surface area contributed by atoms with Crippen molar-refractivity contribution in [1.29, 1.82) is 0 Å². The van der Waals surface area contributed by atoms with Crippen molar-refractivity contribution in [2.24, 2.45) is 5.41 Å². The molecule has 25 heavy (non-hydrogen) atoms. The molecule has 0 bridgehead atoms. The molecule has 0 unspecified atom stereocenters. The van der Waals surface area contributed by atoms with E-state index in [1.165, 1.54) is 0 Å². The number of carbonyl (C=O) groups excluding carboxylic acids is 1. The van der Waals surface area contributed by atoms with E-state index in [0.717, 1.165) is 17.7 Å². The smallest absolute Gasteiger partial charge is 0.253 e. The fraction of sp³-hybridized carbons (Fsp3) is 0.474. The van der Waals surface area contributed by atoms with Gasteiger partial charge in [-0.1, -0.05) is 12.1 Å². The van der Waals surface area contributed by atoms with Gasteiger partial charge >= 0.3 is 0 Å². The highest BCUT2D eigenvalue weighted by Crippen LogP contribution is 2.38. The molecule has 2 fully saturated rings. The monoisotopic (exact) mass is 341 g/mol. The van der Waals surface area contributed by atoms with Crippen LogP contribution >= 0.6 is 0 Å². The van der Waals surface area contributed by atoms with Crippen LogP contribution in [0.5, 0.6) is 0 Å². The Morgan fingerprint density at radius 1 is 1.16 bits per heavy atom. The first-order chi connectivity index (χ1) is 11.9. The van der Waals surface area contributed by atoms with Crippen LogP contribution in [0.2, 0.25) is 0 Å². The summed E-state index contributed by atoms with van der Waals surface area (Å²) < 4.78 is 13.5. The Hall–Kier alpha value is -2.18. The number of nitrogens with zero attached hydrogens (tertiary/aromatic N) is 3. The lowest BCUT2D eigenvalue weighted by Crippen LogP contribution is -2.65. The molecule has 0 saturated carbocycles. The molecule has 2 aromatic rings. The maximum absolute atomic E-state index is 12.6. The van der Waals surface area contributed by atoms with E-state index < -0.39 is 5.79 Å². The van der Waals surface area contributed by atoms with E-state index in [1.807, 2.05) is 53.8 Å². The predicted octanol–water partition coefficient (Wildman–Crippen LogP) is 2.16. The molecule has 0 N–H and O–H groups in total. The van der Waals surface area contributed by atoms with Crippen LogP contribution in [0.4, 0.5) is 0 Å². The number of hydrogen-bond donors (Lipinski definition) is 0. The molecule has 2 aliphatic rings. The molecule has 6 nitrogen and oxygen atoms in total. The molecule has 0 atom stereocenters. The largest absolute Gasteiger partial charge is 0.350 e. The number of carbonyl (C=O) groups is 1. The molecule has 2 saturated heterocycles. The summed E-state index contributed by atoms with van der Waals surface area (Å²) in [6.45, 7) is 7.28. The molecular weight excluding hydrogens is 318 g/mol. The molecular formula is C19H23N3O3. The molecule has 6 heteroatoms. The van der Waals surface area contributed by atoms with E-state index >= 15 is 0 Å². The van der Waals surface area contributed by atoms with E-state index in [4.69, 9.17) is 9.47 Å². The lowest BCUT2D eigenvalue weighted by atomic mass is 9.80. The number of aromatic nitrogens is 2. The Kier molecular flexibility index (Phi) is 3.89. The molecule has 1 spiro atoms. The van der Waals surface area contributed by atoms with Crippen LogP contribution in [0.15, 0.2) is 43.0 Å². The van der Waals surface area contributed by atoms with Gasteiger partial charge in [-0.05, 0) is 31.5 Å². The van der Waals surface area contributed by atoms with E-state index in [9.17, 15) is 4.79 Å². The average Bonchev–Trinajstić information content (AvgIpc) is 3.06. The first-order valence-electron chi connectivity index (χ1n) is 8.57. The summed E-state index contributed by atoms with van der Waals surface area (Å²) in [5, 5.41) is 0. The lowest BCUT2D eigenvalue weighted by molar-refractivity contribution is -0.301. The fourth-order valence-corrected chi connectivity index (χ4v) is 3.35. The van der Waals surface area contributed by atoms with Crippen LogP contribution < -0.4 is 0 Å². The van der Waals surface area contributed by atoms with Crippen molar-refractivity contribution >= 4 is 5.91 Å². The summed E-state index contributed by atoms with van der Waals surface area (Å²) in [5.74, 6) is -0.439. The second-order valence-corrected chi connectivity index (χ2v) is 7.57. The zero-order chi connectivity index (χ0) is 17.5. The van der Waals surface area contributed by atoms with Gasteiger partial charge in [0.25, 0.3) is 5.91 Å². The van der Waals surface area contributed by atoms with Gasteiger partial charge in [0, 0.05) is 37.6 Å². The molecule has 2 aliphatic heterocycles. The second-order valence-electron chi connectivity index (χ2n) is 7.57. The zero-order valence-corrected chi connectivity index (χ0v) is 14.6. The number of rotatable bonds is 3. The lowest BCUT2D eigenvalue weighted by Gasteiger charge is -2.54. The highest BCUT2D eigenvalue weighted by Gasteiger charge is 2.50. The normalized spacial score (nSPS) is 21.1. The number of hydrogen-bond acceptors (Lipinski definition) is 4. The van der Waals surface area contributed by atoms with Gasteiger partial charge in [-0.3, -0.25) is 4.79 Å². The van der Waals surface area contributed by atoms with Gasteiger partial charge in [0.15, 0.2) is 5.79 Å².